The molecule has 0 saturated carbocycles. The molecule has 1 atom stereocenters. The van der Waals surface area contributed by atoms with E-state index in [-0.39, 0.29) is 5.36 Å². The monoisotopic (exact) mass is 259 g/mol. The Hall–Kier alpha value is -1.84. The molecule has 4 heteroatoms. The van der Waals surface area contributed by atoms with Gasteiger partial charge in [-0.2, -0.15) is 4.99 Å². The van der Waals surface area contributed by atoms with E-state index >= 15 is 0 Å². The Morgan fingerprint density at radius 3 is 2.44 bits per heavy atom. The van der Waals surface area contributed by atoms with E-state index < -0.39 is 5.72 Å². The Kier molecular flexibility index (Phi) is 2.58. The molecule has 0 amide bonds. The maximum absolute atomic E-state index is 10.8. The highest BCUT2D eigenvalue weighted by atomic mass is 35.5. The van der Waals surface area contributed by atoms with Crippen LogP contribution in [0.5, 0.6) is 5.75 Å². The van der Waals surface area contributed by atoms with Gasteiger partial charge < -0.3 is 9.84 Å². The fourth-order valence-electron chi connectivity index (χ4n) is 2.04. The number of para-hydroxylation sites is 1. The van der Waals surface area contributed by atoms with E-state index in [4.69, 9.17) is 16.3 Å². The average molecular weight is 260 g/mol. The van der Waals surface area contributed by atoms with Crippen molar-refractivity contribution in [1.82, 2.24) is 0 Å². The van der Waals surface area contributed by atoms with Crippen LogP contribution in [0, 0.1) is 0 Å². The van der Waals surface area contributed by atoms with Crippen molar-refractivity contribution in [2.75, 3.05) is 0 Å². The van der Waals surface area contributed by atoms with Crippen LogP contribution in [-0.2, 0) is 5.72 Å². The van der Waals surface area contributed by atoms with Crippen molar-refractivity contribution in [2.45, 2.75) is 5.72 Å². The van der Waals surface area contributed by atoms with Gasteiger partial charge in [0.05, 0.1) is 5.56 Å². The van der Waals surface area contributed by atoms with E-state index in [1.807, 2.05) is 30.3 Å². The highest BCUT2D eigenvalue weighted by Crippen LogP contribution is 2.40. The van der Waals surface area contributed by atoms with Crippen LogP contribution in [0.4, 0.5) is 0 Å². The summed E-state index contributed by atoms with van der Waals surface area (Å²) in [5, 5.41) is 10.7. The fourth-order valence-corrected chi connectivity index (χ4v) is 2.24. The molecule has 0 fully saturated rings. The van der Waals surface area contributed by atoms with E-state index in [0.29, 0.717) is 16.9 Å². The summed E-state index contributed by atoms with van der Waals surface area (Å²) in [4.78, 5) is 4.04. The summed E-state index contributed by atoms with van der Waals surface area (Å²) in [5.41, 5.74) is -0.257. The molecular weight excluding hydrogens is 250 g/mol. The van der Waals surface area contributed by atoms with Crippen molar-refractivity contribution in [2.24, 2.45) is 4.99 Å². The minimum absolute atomic E-state index is 0.0694. The van der Waals surface area contributed by atoms with Crippen LogP contribution in [0.3, 0.4) is 0 Å². The highest BCUT2D eigenvalue weighted by Gasteiger charge is 2.37. The number of nitrogens with zero attached hydrogens (tertiary/aromatic N) is 1. The lowest BCUT2D eigenvalue weighted by atomic mass is 9.94. The van der Waals surface area contributed by atoms with Crippen molar-refractivity contribution in [3.63, 3.8) is 0 Å². The van der Waals surface area contributed by atoms with E-state index in [1.165, 1.54) is 0 Å². The number of hydrogen-bond donors (Lipinski definition) is 1. The van der Waals surface area contributed by atoms with Gasteiger partial charge in [0.2, 0.25) is 5.72 Å². The molecule has 0 spiro atoms. The lowest BCUT2D eigenvalue weighted by molar-refractivity contribution is 0.0827. The van der Waals surface area contributed by atoms with E-state index in [1.54, 1.807) is 24.3 Å². The van der Waals surface area contributed by atoms with Gasteiger partial charge in [-0.25, -0.2) is 0 Å². The quantitative estimate of drug-likeness (QED) is 0.856. The molecule has 1 N–H and O–H groups in total. The first kappa shape index (κ1) is 11.3. The van der Waals surface area contributed by atoms with Crippen LogP contribution in [0.1, 0.15) is 11.1 Å². The summed E-state index contributed by atoms with van der Waals surface area (Å²) >= 11 is 5.85. The van der Waals surface area contributed by atoms with Crippen molar-refractivity contribution in [1.29, 1.82) is 0 Å². The largest absolute Gasteiger partial charge is 0.430 e. The number of ether oxygens (including phenoxy) is 1. The summed E-state index contributed by atoms with van der Waals surface area (Å²) in [6, 6.07) is 16.3. The van der Waals surface area contributed by atoms with Crippen LogP contribution in [0.15, 0.2) is 59.6 Å². The molecule has 0 aliphatic carbocycles. The molecule has 18 heavy (non-hydrogen) atoms. The van der Waals surface area contributed by atoms with Crippen LogP contribution in [0.2, 0.25) is 0 Å². The zero-order valence-electron chi connectivity index (χ0n) is 9.38. The third-order valence-electron chi connectivity index (χ3n) is 2.88. The van der Waals surface area contributed by atoms with Gasteiger partial charge in [0.15, 0.2) is 0 Å². The zero-order valence-corrected chi connectivity index (χ0v) is 10.1. The van der Waals surface area contributed by atoms with Crippen LogP contribution in [-0.4, -0.2) is 10.5 Å². The second-order valence-electron chi connectivity index (χ2n) is 4.00. The summed E-state index contributed by atoms with van der Waals surface area (Å²) in [7, 11) is 0. The van der Waals surface area contributed by atoms with E-state index in [0.717, 1.165) is 0 Å². The van der Waals surface area contributed by atoms with E-state index in [9.17, 15) is 5.11 Å². The molecule has 3 nitrogen and oxygen atoms in total. The number of benzene rings is 2. The Morgan fingerprint density at radius 1 is 1.00 bits per heavy atom. The van der Waals surface area contributed by atoms with Crippen molar-refractivity contribution >= 4 is 17.0 Å². The molecule has 3 rings (SSSR count). The fraction of sp³-hybridized carbons (Fsp3) is 0.0714. The average Bonchev–Trinajstić information content (AvgIpc) is 2.39. The molecule has 0 radical (unpaired) electrons. The van der Waals surface area contributed by atoms with Gasteiger partial charge in [0.1, 0.15) is 5.75 Å². The molecule has 1 unspecified atom stereocenters. The lowest BCUT2D eigenvalue weighted by Gasteiger charge is -2.30. The van der Waals surface area contributed by atoms with E-state index in [2.05, 4.69) is 4.99 Å². The third-order valence-corrected chi connectivity index (χ3v) is 3.04. The number of aliphatic imine (C=N–C) groups is 1. The Labute approximate surface area is 109 Å². The summed E-state index contributed by atoms with van der Waals surface area (Å²) in [6.45, 7) is 0. The summed E-state index contributed by atoms with van der Waals surface area (Å²) in [5.74, 6) is 0.517. The maximum atomic E-state index is 10.8. The Balaban J connectivity index is 2.24. The molecule has 0 aromatic heterocycles. The SMILES string of the molecule is OC1(c2ccccc2)N=C(Cl)Oc2ccccc21. The van der Waals surface area contributed by atoms with Gasteiger partial charge in [-0.05, 0) is 17.7 Å². The molecule has 1 heterocycles. The Bertz CT molecular complexity index is 612. The van der Waals surface area contributed by atoms with Gasteiger partial charge in [-0.3, -0.25) is 0 Å². The first-order valence-electron chi connectivity index (χ1n) is 5.51. The third kappa shape index (κ3) is 1.68. The van der Waals surface area contributed by atoms with Gasteiger partial charge in [-0.1, -0.05) is 48.5 Å². The topological polar surface area (TPSA) is 41.8 Å². The van der Waals surface area contributed by atoms with Crippen LogP contribution in [0.25, 0.3) is 0 Å². The van der Waals surface area contributed by atoms with Crippen molar-refractivity contribution < 1.29 is 9.84 Å². The molecule has 1 aliphatic rings. The predicted molar refractivity (Wildman–Crippen MR) is 69.8 cm³/mol. The Morgan fingerprint density at radius 2 is 1.67 bits per heavy atom. The first-order chi connectivity index (χ1) is 8.70. The molecule has 1 aliphatic heterocycles. The molecule has 90 valence electrons. The molecule has 2 aromatic rings. The standard InChI is InChI=1S/C14H10ClNO2/c15-13-16-14(17,10-6-2-1-3-7-10)11-8-4-5-9-12(11)18-13/h1-9,17H. The number of rotatable bonds is 1. The van der Waals surface area contributed by atoms with Gasteiger partial charge in [0, 0.05) is 5.56 Å². The number of halogens is 1. The summed E-state index contributed by atoms with van der Waals surface area (Å²) < 4.78 is 5.30. The van der Waals surface area contributed by atoms with Gasteiger partial charge in [-0.15, -0.1) is 0 Å². The van der Waals surface area contributed by atoms with Crippen molar-refractivity contribution in [3.8, 4) is 5.75 Å². The van der Waals surface area contributed by atoms with Gasteiger partial charge >= 0.3 is 0 Å². The van der Waals surface area contributed by atoms with Gasteiger partial charge in [0.25, 0.3) is 5.36 Å². The maximum Gasteiger partial charge on any atom is 0.291 e. The normalized spacial score (nSPS) is 21.8. The number of fused-ring (bicyclic) bond motifs is 1. The van der Waals surface area contributed by atoms with Crippen LogP contribution < -0.4 is 4.74 Å². The molecular formula is C14H10ClNO2. The minimum atomic E-state index is -1.49. The molecule has 0 saturated heterocycles. The molecule has 0 bridgehead atoms. The first-order valence-corrected chi connectivity index (χ1v) is 5.88. The van der Waals surface area contributed by atoms with Crippen molar-refractivity contribution in [3.05, 3.63) is 65.7 Å². The lowest BCUT2D eigenvalue weighted by Crippen LogP contribution is -2.31. The second-order valence-corrected chi connectivity index (χ2v) is 4.32. The number of aliphatic hydroxyl groups is 1. The minimum Gasteiger partial charge on any atom is -0.430 e. The predicted octanol–water partition coefficient (Wildman–Crippen LogP) is 2.87. The highest BCUT2D eigenvalue weighted by molar-refractivity contribution is 6.63. The second kappa shape index (κ2) is 4.12. The summed E-state index contributed by atoms with van der Waals surface area (Å²) in [6.07, 6.45) is 0. The zero-order chi connectivity index (χ0) is 12.6. The number of hydrogen-bond acceptors (Lipinski definition) is 3. The molecule has 2 aromatic carbocycles. The smallest absolute Gasteiger partial charge is 0.291 e. The van der Waals surface area contributed by atoms with Crippen LogP contribution >= 0.6 is 11.6 Å².